The van der Waals surface area contributed by atoms with Gasteiger partial charge in [0.2, 0.25) is 0 Å². The Morgan fingerprint density at radius 1 is 1.29 bits per heavy atom. The molecule has 3 nitrogen and oxygen atoms in total. The fraction of sp³-hybridized carbons (Fsp3) is 0.182. The zero-order valence-corrected chi connectivity index (χ0v) is 8.03. The highest BCUT2D eigenvalue weighted by Gasteiger charge is 2.01. The summed E-state index contributed by atoms with van der Waals surface area (Å²) in [7, 11) is 0. The van der Waals surface area contributed by atoms with E-state index in [9.17, 15) is 0 Å². The Balaban J connectivity index is 1.99. The molecule has 0 atom stereocenters. The van der Waals surface area contributed by atoms with Crippen LogP contribution in [0.25, 0.3) is 0 Å². The average Bonchev–Trinajstić information content (AvgIpc) is 2.63. The summed E-state index contributed by atoms with van der Waals surface area (Å²) in [5, 5.41) is 7.16. The number of aryl methyl sites for hydroxylation is 1. The minimum Gasteiger partial charge on any atom is -0.379 e. The molecular weight excluding hydrogens is 176 g/mol. The van der Waals surface area contributed by atoms with Crippen LogP contribution in [0.15, 0.2) is 41.1 Å². The lowest BCUT2D eigenvalue weighted by Crippen LogP contribution is -2.00. The summed E-state index contributed by atoms with van der Waals surface area (Å²) in [6.07, 6.45) is 1.65. The number of para-hydroxylation sites is 1. The lowest BCUT2D eigenvalue weighted by atomic mass is 10.2. The van der Waals surface area contributed by atoms with Gasteiger partial charge in [-0.15, -0.1) is 0 Å². The summed E-state index contributed by atoms with van der Waals surface area (Å²) in [5.41, 5.74) is 3.12. The molecule has 1 N–H and O–H groups in total. The van der Waals surface area contributed by atoms with Crippen molar-refractivity contribution >= 4 is 5.69 Å². The summed E-state index contributed by atoms with van der Waals surface area (Å²) in [5.74, 6) is 0. The van der Waals surface area contributed by atoms with Crippen molar-refractivity contribution in [3.05, 3.63) is 47.9 Å². The van der Waals surface area contributed by atoms with Gasteiger partial charge in [-0.05, 0) is 19.1 Å². The zero-order chi connectivity index (χ0) is 9.80. The highest BCUT2D eigenvalue weighted by atomic mass is 16.5. The van der Waals surface area contributed by atoms with Gasteiger partial charge in [0.1, 0.15) is 12.0 Å². The van der Waals surface area contributed by atoms with Gasteiger partial charge in [0.15, 0.2) is 0 Å². The van der Waals surface area contributed by atoms with Crippen molar-refractivity contribution in [2.45, 2.75) is 13.5 Å². The third-order valence-corrected chi connectivity index (χ3v) is 2.08. The Morgan fingerprint density at radius 3 is 2.71 bits per heavy atom. The second-order valence-corrected chi connectivity index (χ2v) is 3.16. The van der Waals surface area contributed by atoms with Crippen LogP contribution in [0.4, 0.5) is 5.69 Å². The van der Waals surface area contributed by atoms with Crippen molar-refractivity contribution in [3.8, 4) is 0 Å². The van der Waals surface area contributed by atoms with Crippen molar-refractivity contribution in [3.63, 3.8) is 0 Å². The SMILES string of the molecule is Cc1conc1CNc1ccccc1. The normalized spacial score (nSPS) is 10.1. The van der Waals surface area contributed by atoms with Crippen LogP contribution < -0.4 is 5.32 Å². The first-order chi connectivity index (χ1) is 6.86. The summed E-state index contributed by atoms with van der Waals surface area (Å²) in [4.78, 5) is 0. The van der Waals surface area contributed by atoms with Crippen molar-refractivity contribution < 1.29 is 4.52 Å². The van der Waals surface area contributed by atoms with Crippen LogP contribution in [0.1, 0.15) is 11.3 Å². The standard InChI is InChI=1S/C11H12N2O/c1-9-8-14-13-11(9)7-12-10-5-3-2-4-6-10/h2-6,8,12H,7H2,1H3. The zero-order valence-electron chi connectivity index (χ0n) is 8.03. The van der Waals surface area contributed by atoms with Gasteiger partial charge in [-0.2, -0.15) is 0 Å². The number of benzene rings is 1. The first kappa shape index (κ1) is 8.81. The van der Waals surface area contributed by atoms with E-state index in [-0.39, 0.29) is 0 Å². The van der Waals surface area contributed by atoms with Crippen LogP contribution in [0.3, 0.4) is 0 Å². The summed E-state index contributed by atoms with van der Waals surface area (Å²) in [6, 6.07) is 10.0. The molecule has 3 heteroatoms. The van der Waals surface area contributed by atoms with Crippen LogP contribution >= 0.6 is 0 Å². The fourth-order valence-corrected chi connectivity index (χ4v) is 1.22. The summed E-state index contributed by atoms with van der Waals surface area (Å²) >= 11 is 0. The van der Waals surface area contributed by atoms with E-state index in [1.807, 2.05) is 37.3 Å². The van der Waals surface area contributed by atoms with Crippen molar-refractivity contribution in [2.24, 2.45) is 0 Å². The molecule has 1 heterocycles. The van der Waals surface area contributed by atoms with E-state index < -0.39 is 0 Å². The van der Waals surface area contributed by atoms with E-state index in [1.54, 1.807) is 6.26 Å². The molecule has 0 aliphatic rings. The van der Waals surface area contributed by atoms with E-state index in [0.717, 1.165) is 16.9 Å². The molecule has 0 radical (unpaired) electrons. The molecule has 1 aromatic heterocycles. The third kappa shape index (κ3) is 1.93. The molecular formula is C11H12N2O. The molecule has 0 unspecified atom stereocenters. The largest absolute Gasteiger partial charge is 0.379 e. The first-order valence-corrected chi connectivity index (χ1v) is 4.55. The number of hydrogen-bond donors (Lipinski definition) is 1. The molecule has 14 heavy (non-hydrogen) atoms. The number of nitrogens with zero attached hydrogens (tertiary/aromatic N) is 1. The first-order valence-electron chi connectivity index (χ1n) is 4.55. The van der Waals surface area contributed by atoms with Crippen LogP contribution in [-0.4, -0.2) is 5.16 Å². The van der Waals surface area contributed by atoms with Crippen LogP contribution in [0.5, 0.6) is 0 Å². The van der Waals surface area contributed by atoms with Crippen LogP contribution in [0.2, 0.25) is 0 Å². The monoisotopic (exact) mass is 188 g/mol. The Hall–Kier alpha value is -1.77. The summed E-state index contributed by atoms with van der Waals surface area (Å²) in [6.45, 7) is 2.69. The number of anilines is 1. The van der Waals surface area contributed by atoms with Crippen LogP contribution in [-0.2, 0) is 6.54 Å². The van der Waals surface area contributed by atoms with Crippen LogP contribution in [0, 0.1) is 6.92 Å². The van der Waals surface area contributed by atoms with Gasteiger partial charge in [-0.1, -0.05) is 23.4 Å². The maximum absolute atomic E-state index is 4.84. The number of nitrogens with one attached hydrogen (secondary N) is 1. The predicted molar refractivity (Wildman–Crippen MR) is 55.0 cm³/mol. The Labute approximate surface area is 82.7 Å². The molecule has 0 bridgehead atoms. The molecule has 0 fully saturated rings. The third-order valence-electron chi connectivity index (χ3n) is 2.08. The number of aromatic nitrogens is 1. The quantitative estimate of drug-likeness (QED) is 0.804. The van der Waals surface area contributed by atoms with E-state index in [1.165, 1.54) is 0 Å². The molecule has 72 valence electrons. The molecule has 0 amide bonds. The minimum atomic E-state index is 0.701. The minimum absolute atomic E-state index is 0.701. The van der Waals surface area contributed by atoms with Gasteiger partial charge in [0.05, 0.1) is 6.54 Å². The number of rotatable bonds is 3. The lowest BCUT2D eigenvalue weighted by Gasteiger charge is -2.03. The maximum Gasteiger partial charge on any atom is 0.127 e. The molecule has 1 aromatic carbocycles. The van der Waals surface area contributed by atoms with Gasteiger partial charge < -0.3 is 9.84 Å². The second-order valence-electron chi connectivity index (χ2n) is 3.16. The van der Waals surface area contributed by atoms with Gasteiger partial charge in [-0.25, -0.2) is 0 Å². The van der Waals surface area contributed by atoms with Crippen molar-refractivity contribution in [2.75, 3.05) is 5.32 Å². The highest BCUT2D eigenvalue weighted by molar-refractivity contribution is 5.42. The smallest absolute Gasteiger partial charge is 0.127 e. The van der Waals surface area contributed by atoms with Gasteiger partial charge in [0, 0.05) is 11.3 Å². The highest BCUT2D eigenvalue weighted by Crippen LogP contribution is 2.09. The second kappa shape index (κ2) is 3.96. The molecule has 0 aliphatic carbocycles. The molecule has 2 rings (SSSR count). The lowest BCUT2D eigenvalue weighted by molar-refractivity contribution is 0.412. The van der Waals surface area contributed by atoms with Crippen molar-refractivity contribution in [1.82, 2.24) is 5.16 Å². The molecule has 2 aromatic rings. The van der Waals surface area contributed by atoms with E-state index >= 15 is 0 Å². The Kier molecular flexibility index (Phi) is 2.49. The Bertz CT molecular complexity index is 395. The Morgan fingerprint density at radius 2 is 2.07 bits per heavy atom. The fourth-order valence-electron chi connectivity index (χ4n) is 1.22. The van der Waals surface area contributed by atoms with Gasteiger partial charge >= 0.3 is 0 Å². The van der Waals surface area contributed by atoms with E-state index in [4.69, 9.17) is 4.52 Å². The molecule has 0 aliphatic heterocycles. The molecule has 0 saturated carbocycles. The van der Waals surface area contributed by atoms with Crippen molar-refractivity contribution in [1.29, 1.82) is 0 Å². The topological polar surface area (TPSA) is 38.1 Å². The summed E-state index contributed by atoms with van der Waals surface area (Å²) < 4.78 is 4.84. The maximum atomic E-state index is 4.84. The molecule has 0 saturated heterocycles. The van der Waals surface area contributed by atoms with E-state index in [0.29, 0.717) is 6.54 Å². The average molecular weight is 188 g/mol. The van der Waals surface area contributed by atoms with E-state index in [2.05, 4.69) is 10.5 Å². The van der Waals surface area contributed by atoms with Gasteiger partial charge in [-0.3, -0.25) is 0 Å². The predicted octanol–water partition coefficient (Wildman–Crippen LogP) is 2.60. The van der Waals surface area contributed by atoms with Gasteiger partial charge in [0.25, 0.3) is 0 Å². The molecule has 0 spiro atoms. The number of hydrogen-bond acceptors (Lipinski definition) is 3.